The molecule has 1 fully saturated rings. The van der Waals surface area contributed by atoms with Crippen LogP contribution in [0.25, 0.3) is 10.8 Å². The van der Waals surface area contributed by atoms with Crippen LogP contribution in [0.2, 0.25) is 0 Å². The van der Waals surface area contributed by atoms with E-state index in [1.807, 2.05) is 19.9 Å². The van der Waals surface area contributed by atoms with E-state index in [0.29, 0.717) is 25.4 Å². The molecule has 2 aromatic rings. The summed E-state index contributed by atoms with van der Waals surface area (Å²) < 4.78 is 0. The van der Waals surface area contributed by atoms with Gasteiger partial charge in [-0.3, -0.25) is 9.69 Å². The number of carboxylic acids is 1. The van der Waals surface area contributed by atoms with Crippen LogP contribution in [0.15, 0.2) is 42.5 Å². The molecule has 0 heterocycles. The van der Waals surface area contributed by atoms with Crippen molar-refractivity contribution in [2.45, 2.75) is 58.2 Å². The van der Waals surface area contributed by atoms with Crippen molar-refractivity contribution in [3.63, 3.8) is 0 Å². The molecule has 0 radical (unpaired) electrons. The minimum atomic E-state index is -0.961. The lowest BCUT2D eigenvalue weighted by atomic mass is 9.99. The van der Waals surface area contributed by atoms with Gasteiger partial charge in [0, 0.05) is 25.6 Å². The molecule has 28 heavy (non-hydrogen) atoms. The van der Waals surface area contributed by atoms with E-state index in [-0.39, 0.29) is 11.8 Å². The highest BCUT2D eigenvalue weighted by Crippen LogP contribution is 2.30. The van der Waals surface area contributed by atoms with Crippen LogP contribution in [-0.2, 0) is 16.1 Å². The zero-order valence-electron chi connectivity index (χ0n) is 16.7. The molecule has 0 aromatic heterocycles. The minimum absolute atomic E-state index is 0.0864. The Morgan fingerprint density at radius 2 is 1.89 bits per heavy atom. The first kappa shape index (κ1) is 20.3. The van der Waals surface area contributed by atoms with Gasteiger partial charge in [-0.25, -0.2) is 4.79 Å². The molecule has 1 aliphatic carbocycles. The second kappa shape index (κ2) is 9.20. The number of hydrogen-bond donors (Lipinski definition) is 2. The molecule has 5 heteroatoms. The third-order valence-corrected chi connectivity index (χ3v) is 5.74. The van der Waals surface area contributed by atoms with Gasteiger partial charge in [-0.2, -0.15) is 0 Å². The molecule has 150 valence electrons. The molecule has 1 amide bonds. The summed E-state index contributed by atoms with van der Waals surface area (Å²) in [4.78, 5) is 26.2. The van der Waals surface area contributed by atoms with Crippen molar-refractivity contribution in [3.05, 3.63) is 48.0 Å². The summed E-state index contributed by atoms with van der Waals surface area (Å²) in [5, 5.41) is 14.6. The summed E-state index contributed by atoms with van der Waals surface area (Å²) in [5.41, 5.74) is 1.27. The van der Waals surface area contributed by atoms with Gasteiger partial charge < -0.3 is 10.4 Å². The van der Waals surface area contributed by atoms with Gasteiger partial charge in [0.05, 0.1) is 0 Å². The van der Waals surface area contributed by atoms with Crippen LogP contribution in [0.4, 0.5) is 0 Å². The maximum Gasteiger partial charge on any atom is 0.326 e. The first-order chi connectivity index (χ1) is 13.5. The number of carbonyl (C=O) groups excluding carboxylic acids is 1. The molecule has 2 aromatic carbocycles. The molecule has 2 N–H and O–H groups in total. The quantitative estimate of drug-likeness (QED) is 0.656. The predicted octanol–water partition coefficient (Wildman–Crippen LogP) is 3.81. The maximum atomic E-state index is 12.4. The Hall–Kier alpha value is -2.40. The van der Waals surface area contributed by atoms with E-state index in [0.717, 1.165) is 19.4 Å². The highest BCUT2D eigenvalue weighted by molar-refractivity contribution is 5.85. The van der Waals surface area contributed by atoms with Crippen molar-refractivity contribution in [2.75, 3.05) is 6.54 Å². The number of rotatable bonds is 10. The average Bonchev–Trinajstić information content (AvgIpc) is 3.53. The van der Waals surface area contributed by atoms with Crippen molar-refractivity contribution in [3.8, 4) is 0 Å². The molecule has 5 nitrogen and oxygen atoms in total. The SMILES string of the molecule is CCC(C)C(NC(=O)CCN(Cc1cccc2ccccc12)C1CC1)C(=O)O. The first-order valence-electron chi connectivity index (χ1n) is 10.2. The van der Waals surface area contributed by atoms with Crippen molar-refractivity contribution >= 4 is 22.6 Å². The van der Waals surface area contributed by atoms with Gasteiger partial charge in [0.15, 0.2) is 0 Å². The Morgan fingerprint density at radius 1 is 1.18 bits per heavy atom. The highest BCUT2D eigenvalue weighted by Gasteiger charge is 2.30. The van der Waals surface area contributed by atoms with Crippen LogP contribution in [0.3, 0.4) is 0 Å². The monoisotopic (exact) mass is 382 g/mol. The normalized spacial score (nSPS) is 16.1. The van der Waals surface area contributed by atoms with Crippen LogP contribution in [-0.4, -0.2) is 40.5 Å². The van der Waals surface area contributed by atoms with Crippen molar-refractivity contribution in [1.82, 2.24) is 10.2 Å². The molecule has 2 unspecified atom stereocenters. The average molecular weight is 383 g/mol. The summed E-state index contributed by atoms with van der Waals surface area (Å²) >= 11 is 0. The molecule has 0 saturated heterocycles. The number of fused-ring (bicyclic) bond motifs is 1. The number of carbonyl (C=O) groups is 2. The standard InChI is InChI=1S/C23H30N2O3/c1-3-16(2)22(23(27)28)24-21(26)13-14-25(19-11-12-19)15-18-9-6-8-17-7-4-5-10-20(17)18/h4-10,16,19,22H,3,11-15H2,1-2H3,(H,24,26)(H,27,28). The molecular formula is C23H30N2O3. The van der Waals surface area contributed by atoms with Gasteiger partial charge in [-0.1, -0.05) is 62.7 Å². The number of benzene rings is 2. The third-order valence-electron chi connectivity index (χ3n) is 5.74. The first-order valence-corrected chi connectivity index (χ1v) is 10.2. The largest absolute Gasteiger partial charge is 0.480 e. The molecular weight excluding hydrogens is 352 g/mol. The lowest BCUT2D eigenvalue weighted by Gasteiger charge is -2.24. The minimum Gasteiger partial charge on any atom is -0.480 e. The van der Waals surface area contributed by atoms with E-state index in [1.54, 1.807) is 0 Å². The topological polar surface area (TPSA) is 69.6 Å². The third kappa shape index (κ3) is 5.10. The second-order valence-corrected chi connectivity index (χ2v) is 7.86. The fraction of sp³-hybridized carbons (Fsp3) is 0.478. The zero-order valence-corrected chi connectivity index (χ0v) is 16.7. The Morgan fingerprint density at radius 3 is 2.57 bits per heavy atom. The number of carboxylic acid groups (broad SMARTS) is 1. The van der Waals surface area contributed by atoms with Crippen molar-refractivity contribution in [2.24, 2.45) is 5.92 Å². The molecule has 1 aliphatic rings. The van der Waals surface area contributed by atoms with E-state index in [2.05, 4.69) is 46.6 Å². The van der Waals surface area contributed by atoms with Gasteiger partial charge in [0.25, 0.3) is 0 Å². The highest BCUT2D eigenvalue weighted by atomic mass is 16.4. The van der Waals surface area contributed by atoms with E-state index >= 15 is 0 Å². The summed E-state index contributed by atoms with van der Waals surface area (Å²) in [6, 6.07) is 14.4. The second-order valence-electron chi connectivity index (χ2n) is 7.86. The predicted molar refractivity (Wildman–Crippen MR) is 111 cm³/mol. The van der Waals surface area contributed by atoms with Gasteiger partial charge in [0.2, 0.25) is 5.91 Å². The Balaban J connectivity index is 1.62. The molecule has 2 atom stereocenters. The van der Waals surface area contributed by atoms with Crippen LogP contribution >= 0.6 is 0 Å². The zero-order chi connectivity index (χ0) is 20.1. The van der Waals surface area contributed by atoms with Gasteiger partial charge in [0.1, 0.15) is 6.04 Å². The maximum absolute atomic E-state index is 12.4. The Bertz CT molecular complexity index is 826. The van der Waals surface area contributed by atoms with Gasteiger partial charge >= 0.3 is 5.97 Å². The summed E-state index contributed by atoms with van der Waals surface area (Å²) in [6.07, 6.45) is 3.36. The molecule has 0 bridgehead atoms. The number of amides is 1. The number of nitrogens with zero attached hydrogens (tertiary/aromatic N) is 1. The van der Waals surface area contributed by atoms with Crippen LogP contribution in [0.5, 0.6) is 0 Å². The fourth-order valence-corrected chi connectivity index (χ4v) is 3.65. The van der Waals surface area contributed by atoms with Crippen LogP contribution in [0, 0.1) is 5.92 Å². The van der Waals surface area contributed by atoms with E-state index in [4.69, 9.17) is 0 Å². The van der Waals surface area contributed by atoms with Crippen LogP contribution in [0.1, 0.15) is 45.1 Å². The Kier molecular flexibility index (Phi) is 6.68. The summed E-state index contributed by atoms with van der Waals surface area (Å²) in [6.45, 7) is 5.25. The lowest BCUT2D eigenvalue weighted by Crippen LogP contribution is -2.45. The Labute approximate surface area is 166 Å². The molecule has 0 spiro atoms. The summed E-state index contributed by atoms with van der Waals surface area (Å²) in [5.74, 6) is -1.23. The molecule has 0 aliphatic heterocycles. The van der Waals surface area contributed by atoms with Gasteiger partial charge in [-0.15, -0.1) is 0 Å². The molecule has 1 saturated carbocycles. The van der Waals surface area contributed by atoms with Crippen molar-refractivity contribution in [1.29, 1.82) is 0 Å². The number of aliphatic carboxylic acids is 1. The van der Waals surface area contributed by atoms with Crippen molar-refractivity contribution < 1.29 is 14.7 Å². The van der Waals surface area contributed by atoms with E-state index < -0.39 is 12.0 Å². The lowest BCUT2D eigenvalue weighted by molar-refractivity contribution is -0.143. The summed E-state index contributed by atoms with van der Waals surface area (Å²) in [7, 11) is 0. The number of nitrogens with one attached hydrogen (secondary N) is 1. The van der Waals surface area contributed by atoms with Crippen LogP contribution < -0.4 is 5.32 Å². The van der Waals surface area contributed by atoms with Gasteiger partial charge in [-0.05, 0) is 35.1 Å². The van der Waals surface area contributed by atoms with E-state index in [9.17, 15) is 14.7 Å². The van der Waals surface area contributed by atoms with E-state index in [1.165, 1.54) is 16.3 Å². The smallest absolute Gasteiger partial charge is 0.326 e. The fourth-order valence-electron chi connectivity index (χ4n) is 3.65. The molecule has 3 rings (SSSR count). The number of hydrogen-bond acceptors (Lipinski definition) is 3.